The number of benzene rings is 2. The number of aliphatic hydroxyl groups excluding tert-OH is 1. The summed E-state index contributed by atoms with van der Waals surface area (Å²) in [6, 6.07) is 11.6. The zero-order valence-corrected chi connectivity index (χ0v) is 20.8. The molecular weight excluding hydrogens is 478 g/mol. The van der Waals surface area contributed by atoms with E-state index in [9.17, 15) is 24.8 Å². The highest BCUT2D eigenvalue weighted by Crippen LogP contribution is 2.40. The molecule has 37 heavy (non-hydrogen) atoms. The van der Waals surface area contributed by atoms with Gasteiger partial charge in [-0.2, -0.15) is 0 Å². The van der Waals surface area contributed by atoms with Crippen LogP contribution < -0.4 is 4.74 Å². The molecule has 1 N–H and O–H groups in total. The molecule has 10 nitrogen and oxygen atoms in total. The zero-order valence-electron chi connectivity index (χ0n) is 20.8. The molecule has 1 amide bonds. The molecule has 2 aromatic rings. The summed E-state index contributed by atoms with van der Waals surface area (Å²) in [6.45, 7) is 6.33. The van der Waals surface area contributed by atoms with Crippen molar-refractivity contribution in [2.75, 3.05) is 46.0 Å². The number of hydrogen-bond acceptors (Lipinski definition) is 8. The lowest BCUT2D eigenvalue weighted by Gasteiger charge is -2.29. The standard InChI is InChI=1S/C27H31N3O7/c1-2-14-37-22-9-4-7-20(18-22)25(31)23-24(19-6-3-8-21(17-19)30(34)35)29(27(33)26(23)32)11-5-10-28-12-15-36-16-13-28/h3-4,6-9,17-18,24,31H,2,5,10-16H2,1H3/b25-23+. The number of likely N-dealkylation sites (tertiary alicyclic amines) is 1. The first-order valence-electron chi connectivity index (χ1n) is 12.5. The molecule has 10 heteroatoms. The van der Waals surface area contributed by atoms with Gasteiger partial charge in [-0.25, -0.2) is 0 Å². The van der Waals surface area contributed by atoms with E-state index in [0.717, 1.165) is 19.5 Å². The van der Waals surface area contributed by atoms with Gasteiger partial charge in [0.2, 0.25) is 0 Å². The van der Waals surface area contributed by atoms with E-state index >= 15 is 0 Å². The maximum absolute atomic E-state index is 13.3. The number of nitro benzene ring substituents is 1. The summed E-state index contributed by atoms with van der Waals surface area (Å²) in [5, 5.41) is 22.7. The number of carbonyl (C=O) groups excluding carboxylic acids is 2. The molecule has 2 fully saturated rings. The number of ether oxygens (including phenoxy) is 2. The Morgan fingerprint density at radius 1 is 1.14 bits per heavy atom. The topological polar surface area (TPSA) is 122 Å². The van der Waals surface area contributed by atoms with Crippen LogP contribution in [0.2, 0.25) is 0 Å². The highest BCUT2D eigenvalue weighted by atomic mass is 16.6. The van der Waals surface area contributed by atoms with Crippen LogP contribution in [0.4, 0.5) is 5.69 Å². The van der Waals surface area contributed by atoms with Gasteiger partial charge in [0.05, 0.1) is 36.4 Å². The molecule has 2 aromatic carbocycles. The summed E-state index contributed by atoms with van der Waals surface area (Å²) >= 11 is 0. The van der Waals surface area contributed by atoms with Gasteiger partial charge < -0.3 is 19.5 Å². The van der Waals surface area contributed by atoms with Crippen LogP contribution in [0.5, 0.6) is 5.75 Å². The molecule has 0 aromatic heterocycles. The highest BCUT2D eigenvalue weighted by molar-refractivity contribution is 6.46. The van der Waals surface area contributed by atoms with Gasteiger partial charge in [-0.05, 0) is 30.5 Å². The Hall–Kier alpha value is -3.76. The zero-order chi connectivity index (χ0) is 26.4. The molecule has 4 rings (SSSR count). The van der Waals surface area contributed by atoms with Crippen LogP contribution in [0.25, 0.3) is 5.76 Å². The Morgan fingerprint density at radius 3 is 2.62 bits per heavy atom. The Labute approximate surface area is 215 Å². The van der Waals surface area contributed by atoms with E-state index in [1.807, 2.05) is 6.92 Å². The van der Waals surface area contributed by atoms with Gasteiger partial charge in [0.1, 0.15) is 11.5 Å². The fourth-order valence-corrected chi connectivity index (χ4v) is 4.66. The van der Waals surface area contributed by atoms with Gasteiger partial charge in [0.25, 0.3) is 17.4 Å². The Bertz CT molecular complexity index is 1190. The molecule has 0 aliphatic carbocycles. The molecule has 0 bridgehead atoms. The number of aliphatic hydroxyl groups is 1. The third-order valence-corrected chi connectivity index (χ3v) is 6.49. The highest BCUT2D eigenvalue weighted by Gasteiger charge is 2.46. The van der Waals surface area contributed by atoms with Gasteiger partial charge in [-0.3, -0.25) is 24.6 Å². The van der Waals surface area contributed by atoms with E-state index in [1.54, 1.807) is 30.3 Å². The summed E-state index contributed by atoms with van der Waals surface area (Å²) in [5.41, 5.74) is 0.464. The maximum Gasteiger partial charge on any atom is 0.295 e. The van der Waals surface area contributed by atoms with Gasteiger partial charge in [0.15, 0.2) is 0 Å². The molecular formula is C27H31N3O7. The second-order valence-corrected chi connectivity index (χ2v) is 9.03. The monoisotopic (exact) mass is 509 g/mol. The van der Waals surface area contributed by atoms with E-state index in [4.69, 9.17) is 9.47 Å². The molecule has 1 unspecified atom stereocenters. The SMILES string of the molecule is CCCOc1cccc(/C(O)=C2\C(=O)C(=O)N(CCCN3CCOCC3)C2c2cccc([N+](=O)[O-])c2)c1. The third-order valence-electron chi connectivity index (χ3n) is 6.49. The molecule has 2 saturated heterocycles. The Kier molecular flexibility index (Phi) is 8.52. The normalized spacial score (nSPS) is 19.8. The predicted molar refractivity (Wildman–Crippen MR) is 136 cm³/mol. The van der Waals surface area contributed by atoms with Crippen LogP contribution in [0, 0.1) is 10.1 Å². The van der Waals surface area contributed by atoms with Crippen LogP contribution in [-0.4, -0.2) is 77.5 Å². The van der Waals surface area contributed by atoms with Crippen molar-refractivity contribution < 1.29 is 29.1 Å². The van der Waals surface area contributed by atoms with E-state index in [0.29, 0.717) is 49.7 Å². The second kappa shape index (κ2) is 12.0. The second-order valence-electron chi connectivity index (χ2n) is 9.03. The van der Waals surface area contributed by atoms with Crippen molar-refractivity contribution in [3.63, 3.8) is 0 Å². The summed E-state index contributed by atoms with van der Waals surface area (Å²) in [5.74, 6) is -1.37. The quantitative estimate of drug-likeness (QED) is 0.170. The largest absolute Gasteiger partial charge is 0.507 e. The summed E-state index contributed by atoms with van der Waals surface area (Å²) in [4.78, 5) is 41.0. The van der Waals surface area contributed by atoms with Gasteiger partial charge in [0, 0.05) is 43.9 Å². The molecule has 0 spiro atoms. The van der Waals surface area contributed by atoms with Crippen molar-refractivity contribution in [2.45, 2.75) is 25.8 Å². The smallest absolute Gasteiger partial charge is 0.295 e. The molecule has 2 aliphatic heterocycles. The van der Waals surface area contributed by atoms with Crippen molar-refractivity contribution in [3.05, 3.63) is 75.3 Å². The van der Waals surface area contributed by atoms with E-state index in [1.165, 1.54) is 23.1 Å². The minimum absolute atomic E-state index is 0.0930. The van der Waals surface area contributed by atoms with E-state index < -0.39 is 22.7 Å². The molecule has 0 saturated carbocycles. The Balaban J connectivity index is 1.70. The summed E-state index contributed by atoms with van der Waals surface area (Å²) in [6.07, 6.45) is 1.40. The van der Waals surface area contributed by atoms with Crippen molar-refractivity contribution >= 4 is 23.1 Å². The fourth-order valence-electron chi connectivity index (χ4n) is 4.66. The van der Waals surface area contributed by atoms with Crippen LogP contribution in [0.3, 0.4) is 0 Å². The predicted octanol–water partition coefficient (Wildman–Crippen LogP) is 3.53. The number of nitrogens with zero attached hydrogens (tertiary/aromatic N) is 3. The minimum Gasteiger partial charge on any atom is -0.507 e. The number of hydrogen-bond donors (Lipinski definition) is 1. The lowest BCUT2D eigenvalue weighted by Crippen LogP contribution is -2.39. The minimum atomic E-state index is -0.954. The summed E-state index contributed by atoms with van der Waals surface area (Å²) < 4.78 is 11.0. The first-order valence-corrected chi connectivity index (χ1v) is 12.5. The number of morpholine rings is 1. The number of carbonyl (C=O) groups is 2. The Morgan fingerprint density at radius 2 is 1.89 bits per heavy atom. The number of amides is 1. The number of ketones is 1. The van der Waals surface area contributed by atoms with Crippen LogP contribution in [0.15, 0.2) is 54.1 Å². The van der Waals surface area contributed by atoms with Crippen molar-refractivity contribution in [1.82, 2.24) is 9.80 Å². The van der Waals surface area contributed by atoms with Gasteiger partial charge >= 0.3 is 0 Å². The van der Waals surface area contributed by atoms with Crippen LogP contribution >= 0.6 is 0 Å². The average molecular weight is 510 g/mol. The van der Waals surface area contributed by atoms with Crippen LogP contribution in [0.1, 0.15) is 36.9 Å². The fraction of sp³-hybridized carbons (Fsp3) is 0.407. The lowest BCUT2D eigenvalue weighted by atomic mass is 9.95. The van der Waals surface area contributed by atoms with E-state index in [-0.39, 0.29) is 23.6 Å². The molecule has 2 aliphatic rings. The van der Waals surface area contributed by atoms with Crippen LogP contribution in [-0.2, 0) is 14.3 Å². The molecule has 0 radical (unpaired) electrons. The van der Waals surface area contributed by atoms with Gasteiger partial charge in [-0.1, -0.05) is 31.2 Å². The molecule has 2 heterocycles. The van der Waals surface area contributed by atoms with Crippen molar-refractivity contribution in [2.24, 2.45) is 0 Å². The average Bonchev–Trinajstić information content (AvgIpc) is 3.17. The first-order chi connectivity index (χ1) is 17.9. The van der Waals surface area contributed by atoms with E-state index in [2.05, 4.69) is 4.90 Å². The van der Waals surface area contributed by atoms with Gasteiger partial charge in [-0.15, -0.1) is 0 Å². The number of non-ortho nitro benzene ring substituents is 1. The van der Waals surface area contributed by atoms with Crippen molar-refractivity contribution in [3.8, 4) is 5.75 Å². The first kappa shape index (κ1) is 26.3. The maximum atomic E-state index is 13.3. The lowest BCUT2D eigenvalue weighted by molar-refractivity contribution is -0.384. The third kappa shape index (κ3) is 5.98. The molecule has 1 atom stereocenters. The number of Topliss-reactive ketones (excluding diaryl/α,β-unsaturated/α-hetero) is 1. The number of nitro groups is 1. The summed E-state index contributed by atoms with van der Waals surface area (Å²) in [7, 11) is 0. The van der Waals surface area contributed by atoms with Crippen molar-refractivity contribution in [1.29, 1.82) is 0 Å². The molecule has 196 valence electrons. The number of rotatable bonds is 10.